The molecule has 6 nitrogen and oxygen atoms in total. The number of hydrogen-bond acceptors (Lipinski definition) is 5. The first-order chi connectivity index (χ1) is 12.4. The van der Waals surface area contributed by atoms with Crippen molar-refractivity contribution < 1.29 is 9.72 Å². The molecule has 1 heterocycles. The summed E-state index contributed by atoms with van der Waals surface area (Å²) in [4.78, 5) is 27.4. The molecule has 0 aliphatic carbocycles. The van der Waals surface area contributed by atoms with Crippen molar-refractivity contribution >= 4 is 39.9 Å². The molecule has 0 saturated carbocycles. The molecule has 0 radical (unpaired) electrons. The van der Waals surface area contributed by atoms with Crippen LogP contribution in [0, 0.1) is 17.0 Å². The number of fused-ring (bicyclic) bond motifs is 1. The Hall–Kier alpha value is -2.93. The van der Waals surface area contributed by atoms with Gasteiger partial charge in [0.1, 0.15) is 0 Å². The third-order valence-electron chi connectivity index (χ3n) is 3.89. The first-order valence-electron chi connectivity index (χ1n) is 8.02. The summed E-state index contributed by atoms with van der Waals surface area (Å²) in [6.45, 7) is 3.80. The predicted molar refractivity (Wildman–Crippen MR) is 104 cm³/mol. The van der Waals surface area contributed by atoms with Crippen LogP contribution in [0.3, 0.4) is 0 Å². The Labute approximate surface area is 154 Å². The molecule has 1 N–H and O–H groups in total. The first-order valence-corrected chi connectivity index (χ1v) is 8.90. The Kier molecular flexibility index (Phi) is 5.18. The monoisotopic (exact) mass is 367 g/mol. The number of aryl methyl sites for hydroxylation is 1. The largest absolute Gasteiger partial charge is 0.325 e. The van der Waals surface area contributed by atoms with Crippen LogP contribution in [0.2, 0.25) is 0 Å². The Balaban J connectivity index is 1.73. The average molecular weight is 367 g/mol. The van der Waals surface area contributed by atoms with Crippen LogP contribution in [-0.2, 0) is 4.79 Å². The van der Waals surface area contributed by atoms with E-state index in [2.05, 4.69) is 10.3 Å². The molecule has 3 aromatic rings. The van der Waals surface area contributed by atoms with Gasteiger partial charge in [0.2, 0.25) is 5.91 Å². The predicted octanol–water partition coefficient (Wildman–Crippen LogP) is 4.57. The van der Waals surface area contributed by atoms with Crippen LogP contribution in [0.15, 0.2) is 59.6 Å². The number of non-ortho nitro benzene ring substituents is 1. The number of benzene rings is 2. The molecule has 1 atom stereocenters. The zero-order valence-electron chi connectivity index (χ0n) is 14.3. The van der Waals surface area contributed by atoms with E-state index in [9.17, 15) is 14.9 Å². The highest BCUT2D eigenvalue weighted by molar-refractivity contribution is 8.00. The van der Waals surface area contributed by atoms with Crippen LogP contribution < -0.4 is 5.32 Å². The van der Waals surface area contributed by atoms with Crippen molar-refractivity contribution in [1.29, 1.82) is 0 Å². The summed E-state index contributed by atoms with van der Waals surface area (Å²) in [5.74, 6) is -0.233. The number of thioether (sulfide) groups is 1. The molecule has 7 heteroatoms. The third-order valence-corrected chi connectivity index (χ3v) is 4.91. The molecule has 1 aromatic heterocycles. The van der Waals surface area contributed by atoms with E-state index in [1.807, 2.05) is 37.3 Å². The van der Waals surface area contributed by atoms with E-state index >= 15 is 0 Å². The molecule has 0 saturated heterocycles. The molecule has 2 aromatic carbocycles. The molecule has 132 valence electrons. The second-order valence-electron chi connectivity index (χ2n) is 5.85. The SMILES string of the molecule is Cc1cc(S[C@@H](C)C(=O)Nc2cccc([N+](=O)[O-])c2)nc2ccccc12. The standard InChI is InChI=1S/C19H17N3O3S/c1-12-10-18(21-17-9-4-3-8-16(12)17)26-13(2)19(23)20-14-6-5-7-15(11-14)22(24)25/h3-11,13H,1-2H3,(H,20,23)/t13-/m0/s1. The maximum Gasteiger partial charge on any atom is 0.271 e. The smallest absolute Gasteiger partial charge is 0.271 e. The lowest BCUT2D eigenvalue weighted by Crippen LogP contribution is -2.22. The second-order valence-corrected chi connectivity index (χ2v) is 7.21. The lowest BCUT2D eigenvalue weighted by molar-refractivity contribution is -0.384. The summed E-state index contributed by atoms with van der Waals surface area (Å²) >= 11 is 1.35. The number of aromatic nitrogens is 1. The van der Waals surface area contributed by atoms with Gasteiger partial charge < -0.3 is 5.32 Å². The van der Waals surface area contributed by atoms with Crippen LogP contribution in [0.1, 0.15) is 12.5 Å². The van der Waals surface area contributed by atoms with Gasteiger partial charge in [-0.15, -0.1) is 0 Å². The van der Waals surface area contributed by atoms with Gasteiger partial charge in [0.25, 0.3) is 5.69 Å². The number of pyridine rings is 1. The van der Waals surface area contributed by atoms with Crippen LogP contribution in [0.5, 0.6) is 0 Å². The van der Waals surface area contributed by atoms with Gasteiger partial charge in [0.15, 0.2) is 0 Å². The number of nitro groups is 1. The molecule has 3 rings (SSSR count). The van der Waals surface area contributed by atoms with E-state index in [0.717, 1.165) is 21.5 Å². The molecular formula is C19H17N3O3S. The Morgan fingerprint density at radius 1 is 1.19 bits per heavy atom. The Morgan fingerprint density at radius 3 is 2.73 bits per heavy atom. The zero-order valence-corrected chi connectivity index (χ0v) is 15.1. The van der Waals surface area contributed by atoms with Crippen molar-refractivity contribution in [3.05, 3.63) is 70.3 Å². The van der Waals surface area contributed by atoms with E-state index in [-0.39, 0.29) is 11.6 Å². The van der Waals surface area contributed by atoms with Crippen LogP contribution in [0.4, 0.5) is 11.4 Å². The van der Waals surface area contributed by atoms with E-state index in [1.54, 1.807) is 19.1 Å². The summed E-state index contributed by atoms with van der Waals surface area (Å²) < 4.78 is 0. The molecular weight excluding hydrogens is 350 g/mol. The van der Waals surface area contributed by atoms with Crippen LogP contribution in [0.25, 0.3) is 10.9 Å². The van der Waals surface area contributed by atoms with Gasteiger partial charge in [0, 0.05) is 23.2 Å². The Morgan fingerprint density at radius 2 is 1.96 bits per heavy atom. The van der Waals surface area contributed by atoms with E-state index in [1.165, 1.54) is 23.9 Å². The van der Waals surface area contributed by atoms with Crippen molar-refractivity contribution in [2.45, 2.75) is 24.1 Å². The van der Waals surface area contributed by atoms with Gasteiger partial charge in [-0.1, -0.05) is 36.0 Å². The van der Waals surface area contributed by atoms with Gasteiger partial charge >= 0.3 is 0 Å². The van der Waals surface area contributed by atoms with E-state index < -0.39 is 10.2 Å². The lowest BCUT2D eigenvalue weighted by atomic mass is 10.1. The molecule has 26 heavy (non-hydrogen) atoms. The number of nitrogens with one attached hydrogen (secondary N) is 1. The third kappa shape index (κ3) is 4.00. The summed E-state index contributed by atoms with van der Waals surface area (Å²) in [5, 5.41) is 15.0. The van der Waals surface area contributed by atoms with E-state index in [4.69, 9.17) is 0 Å². The maximum atomic E-state index is 12.4. The van der Waals surface area contributed by atoms with Crippen LogP contribution in [-0.4, -0.2) is 21.1 Å². The van der Waals surface area contributed by atoms with Crippen molar-refractivity contribution in [1.82, 2.24) is 4.98 Å². The number of anilines is 1. The average Bonchev–Trinajstić information content (AvgIpc) is 2.62. The maximum absolute atomic E-state index is 12.4. The zero-order chi connectivity index (χ0) is 18.7. The number of nitro benzene ring substituents is 1. The van der Waals surface area contributed by atoms with Crippen molar-refractivity contribution in [3.63, 3.8) is 0 Å². The summed E-state index contributed by atoms with van der Waals surface area (Å²) in [6.07, 6.45) is 0. The minimum atomic E-state index is -0.490. The summed E-state index contributed by atoms with van der Waals surface area (Å²) in [7, 11) is 0. The van der Waals surface area contributed by atoms with Gasteiger partial charge in [0.05, 0.1) is 20.7 Å². The Bertz CT molecular complexity index is 991. The number of rotatable bonds is 5. The van der Waals surface area contributed by atoms with Crippen LogP contribution >= 0.6 is 11.8 Å². The van der Waals surface area contributed by atoms with Gasteiger partial charge in [-0.3, -0.25) is 14.9 Å². The molecule has 0 unspecified atom stereocenters. The molecule has 0 aliphatic rings. The van der Waals surface area contributed by atoms with Crippen molar-refractivity contribution in [2.24, 2.45) is 0 Å². The van der Waals surface area contributed by atoms with Gasteiger partial charge in [-0.05, 0) is 37.6 Å². The number of carbonyl (C=O) groups is 1. The lowest BCUT2D eigenvalue weighted by Gasteiger charge is -2.12. The summed E-state index contributed by atoms with van der Waals surface area (Å²) in [6, 6.07) is 15.7. The minimum absolute atomic E-state index is 0.0603. The number of hydrogen-bond donors (Lipinski definition) is 1. The summed E-state index contributed by atoms with van der Waals surface area (Å²) in [5.41, 5.74) is 2.33. The van der Waals surface area contributed by atoms with Crippen molar-refractivity contribution in [2.75, 3.05) is 5.32 Å². The number of para-hydroxylation sites is 1. The molecule has 1 amide bonds. The highest BCUT2D eigenvalue weighted by Crippen LogP contribution is 2.27. The first kappa shape index (κ1) is 17.9. The molecule has 0 aliphatic heterocycles. The fourth-order valence-corrected chi connectivity index (χ4v) is 3.48. The van der Waals surface area contributed by atoms with Gasteiger partial charge in [-0.2, -0.15) is 0 Å². The topological polar surface area (TPSA) is 85.1 Å². The normalized spacial score (nSPS) is 11.9. The number of amides is 1. The fourth-order valence-electron chi connectivity index (χ4n) is 2.55. The van der Waals surface area contributed by atoms with Gasteiger partial charge in [-0.25, -0.2) is 4.98 Å². The molecule has 0 spiro atoms. The number of carbonyl (C=O) groups excluding carboxylic acids is 1. The second kappa shape index (κ2) is 7.53. The minimum Gasteiger partial charge on any atom is -0.325 e. The van der Waals surface area contributed by atoms with E-state index in [0.29, 0.717) is 5.69 Å². The molecule has 0 fully saturated rings. The van der Waals surface area contributed by atoms with Crippen molar-refractivity contribution in [3.8, 4) is 0 Å². The number of nitrogens with zero attached hydrogens (tertiary/aromatic N) is 2. The highest BCUT2D eigenvalue weighted by Gasteiger charge is 2.17. The quantitative estimate of drug-likeness (QED) is 0.405. The molecule has 0 bridgehead atoms. The highest BCUT2D eigenvalue weighted by atomic mass is 32.2. The fraction of sp³-hybridized carbons (Fsp3) is 0.158.